The summed E-state index contributed by atoms with van der Waals surface area (Å²) in [5.41, 5.74) is 0.764. The third-order valence-corrected chi connectivity index (χ3v) is 3.42. The highest BCUT2D eigenvalue weighted by Gasteiger charge is 2.25. The summed E-state index contributed by atoms with van der Waals surface area (Å²) in [6.45, 7) is 2.04. The van der Waals surface area contributed by atoms with Crippen molar-refractivity contribution in [1.82, 2.24) is 10.2 Å². The maximum Gasteiger partial charge on any atom is 0.227 e. The molecule has 0 radical (unpaired) electrons. The molecule has 1 fully saturated rings. The highest BCUT2D eigenvalue weighted by Crippen LogP contribution is 2.19. The molecule has 0 aromatic heterocycles. The van der Waals surface area contributed by atoms with Gasteiger partial charge in [-0.2, -0.15) is 0 Å². The highest BCUT2D eigenvalue weighted by atomic mass is 19.1. The Balaban J connectivity index is 1.99. The zero-order valence-corrected chi connectivity index (χ0v) is 11.3. The lowest BCUT2D eigenvalue weighted by molar-refractivity contribution is -0.134. The maximum absolute atomic E-state index is 13.6. The van der Waals surface area contributed by atoms with E-state index in [2.05, 4.69) is 5.32 Å². The van der Waals surface area contributed by atoms with Gasteiger partial charge < -0.3 is 15.0 Å². The van der Waals surface area contributed by atoms with Gasteiger partial charge >= 0.3 is 0 Å². The largest absolute Gasteiger partial charge is 0.494 e. The Morgan fingerprint density at radius 3 is 2.95 bits per heavy atom. The summed E-state index contributed by atoms with van der Waals surface area (Å²) in [5, 5.41) is 3.17. The van der Waals surface area contributed by atoms with Gasteiger partial charge in [0.1, 0.15) is 0 Å². The zero-order chi connectivity index (χ0) is 13.8. The fourth-order valence-electron chi connectivity index (χ4n) is 2.34. The van der Waals surface area contributed by atoms with E-state index >= 15 is 0 Å². The molecule has 19 heavy (non-hydrogen) atoms. The van der Waals surface area contributed by atoms with Gasteiger partial charge in [0, 0.05) is 20.1 Å². The van der Waals surface area contributed by atoms with Crippen molar-refractivity contribution in [2.75, 3.05) is 27.2 Å². The van der Waals surface area contributed by atoms with Crippen LogP contribution in [-0.4, -0.2) is 38.1 Å². The number of hydrogen-bond donors (Lipinski definition) is 1. The summed E-state index contributed by atoms with van der Waals surface area (Å²) in [6.07, 6.45) is 0.875. The Bertz CT molecular complexity index is 459. The molecule has 0 unspecified atom stereocenters. The number of carbonyl (C=O) groups excluding carboxylic acids is 1. The van der Waals surface area contributed by atoms with Crippen molar-refractivity contribution in [3.05, 3.63) is 29.6 Å². The van der Waals surface area contributed by atoms with Crippen LogP contribution in [0.3, 0.4) is 0 Å². The van der Waals surface area contributed by atoms with Crippen molar-refractivity contribution < 1.29 is 13.9 Å². The Kier molecular flexibility index (Phi) is 4.37. The van der Waals surface area contributed by atoms with Crippen molar-refractivity contribution in [2.24, 2.45) is 5.92 Å². The number of nitrogens with one attached hydrogen (secondary N) is 1. The monoisotopic (exact) mass is 266 g/mol. The molecule has 1 aliphatic rings. The summed E-state index contributed by atoms with van der Waals surface area (Å²) in [7, 11) is 3.18. The molecular weight excluding hydrogens is 247 g/mol. The van der Waals surface area contributed by atoms with Gasteiger partial charge in [0.2, 0.25) is 5.91 Å². The first kappa shape index (κ1) is 13.8. The van der Waals surface area contributed by atoms with E-state index in [9.17, 15) is 9.18 Å². The van der Waals surface area contributed by atoms with Crippen LogP contribution in [0.2, 0.25) is 0 Å². The van der Waals surface area contributed by atoms with Crippen LogP contribution in [0.5, 0.6) is 5.75 Å². The van der Waals surface area contributed by atoms with Crippen LogP contribution in [0.1, 0.15) is 12.0 Å². The van der Waals surface area contributed by atoms with E-state index < -0.39 is 5.82 Å². The molecule has 0 bridgehead atoms. The van der Waals surface area contributed by atoms with Crippen molar-refractivity contribution in [2.45, 2.75) is 13.0 Å². The number of methoxy groups -OCH3 is 1. The lowest BCUT2D eigenvalue weighted by atomic mass is 10.1. The third-order valence-electron chi connectivity index (χ3n) is 3.42. The van der Waals surface area contributed by atoms with Gasteiger partial charge in [-0.1, -0.05) is 6.07 Å². The fraction of sp³-hybridized carbons (Fsp3) is 0.500. The first-order valence-electron chi connectivity index (χ1n) is 6.40. The normalized spacial score (nSPS) is 18.4. The molecule has 1 N–H and O–H groups in total. The summed E-state index contributed by atoms with van der Waals surface area (Å²) in [4.78, 5) is 13.8. The van der Waals surface area contributed by atoms with Gasteiger partial charge in [0.25, 0.3) is 0 Å². The zero-order valence-electron chi connectivity index (χ0n) is 11.3. The number of amides is 1. The van der Waals surface area contributed by atoms with E-state index in [4.69, 9.17) is 4.74 Å². The number of benzene rings is 1. The van der Waals surface area contributed by atoms with Crippen LogP contribution >= 0.6 is 0 Å². The molecule has 1 amide bonds. The molecular formula is C14H19FN2O2. The van der Waals surface area contributed by atoms with Crippen molar-refractivity contribution >= 4 is 5.91 Å². The molecule has 1 aromatic rings. The molecule has 2 rings (SSSR count). The van der Waals surface area contributed by atoms with Gasteiger partial charge in [-0.15, -0.1) is 0 Å². The second-order valence-electron chi connectivity index (χ2n) is 4.85. The fourth-order valence-corrected chi connectivity index (χ4v) is 2.34. The number of carbonyl (C=O) groups is 1. The maximum atomic E-state index is 13.6. The average Bonchev–Trinajstić information content (AvgIpc) is 2.92. The minimum absolute atomic E-state index is 0.0492. The first-order valence-corrected chi connectivity index (χ1v) is 6.40. The SMILES string of the molecule is COc1ccc(CN(C)C(=O)[C@H]2CCNC2)cc1F. The second kappa shape index (κ2) is 6.02. The van der Waals surface area contributed by atoms with Crippen molar-refractivity contribution in [3.8, 4) is 5.75 Å². The number of rotatable bonds is 4. The third kappa shape index (κ3) is 3.23. The lowest BCUT2D eigenvalue weighted by Crippen LogP contribution is -2.33. The van der Waals surface area contributed by atoms with Crippen LogP contribution in [0, 0.1) is 11.7 Å². The predicted octanol–water partition coefficient (Wildman–Crippen LogP) is 1.40. The molecule has 0 saturated carbocycles. The molecule has 1 aromatic carbocycles. The molecule has 4 nitrogen and oxygen atoms in total. The smallest absolute Gasteiger partial charge is 0.227 e. The molecule has 0 spiro atoms. The Hall–Kier alpha value is -1.62. The van der Waals surface area contributed by atoms with Crippen molar-refractivity contribution in [1.29, 1.82) is 0 Å². The van der Waals surface area contributed by atoms with Crippen LogP contribution in [0.25, 0.3) is 0 Å². The molecule has 1 atom stereocenters. The van der Waals surface area contributed by atoms with Crippen molar-refractivity contribution in [3.63, 3.8) is 0 Å². The number of halogens is 1. The minimum Gasteiger partial charge on any atom is -0.494 e. The quantitative estimate of drug-likeness (QED) is 0.895. The highest BCUT2D eigenvalue weighted by molar-refractivity contribution is 5.79. The average molecular weight is 266 g/mol. The Morgan fingerprint density at radius 2 is 2.37 bits per heavy atom. The summed E-state index contributed by atoms with van der Waals surface area (Å²) in [6, 6.07) is 4.77. The topological polar surface area (TPSA) is 41.6 Å². The standard InChI is InChI=1S/C14H19FN2O2/c1-17(14(18)11-5-6-16-8-11)9-10-3-4-13(19-2)12(15)7-10/h3-4,7,11,16H,5-6,8-9H2,1-2H3/t11-/m0/s1. The lowest BCUT2D eigenvalue weighted by Gasteiger charge is -2.21. The summed E-state index contributed by atoms with van der Waals surface area (Å²) >= 11 is 0. The molecule has 1 heterocycles. The predicted molar refractivity (Wildman–Crippen MR) is 70.4 cm³/mol. The van der Waals surface area contributed by atoms with Crippen LogP contribution in [0.4, 0.5) is 4.39 Å². The second-order valence-corrected chi connectivity index (χ2v) is 4.85. The van der Waals surface area contributed by atoms with E-state index in [0.29, 0.717) is 6.54 Å². The van der Waals surface area contributed by atoms with Gasteiger partial charge in [0.05, 0.1) is 13.0 Å². The molecule has 104 valence electrons. The van der Waals surface area contributed by atoms with Crippen LogP contribution in [0.15, 0.2) is 18.2 Å². The molecule has 5 heteroatoms. The van der Waals surface area contributed by atoms with E-state index in [0.717, 1.165) is 25.1 Å². The minimum atomic E-state index is -0.400. The summed E-state index contributed by atoms with van der Waals surface area (Å²) < 4.78 is 18.4. The van der Waals surface area contributed by atoms with Gasteiger partial charge in [-0.3, -0.25) is 4.79 Å². The molecule has 0 aliphatic carbocycles. The van der Waals surface area contributed by atoms with Gasteiger partial charge in [-0.05, 0) is 30.7 Å². The van der Waals surface area contributed by atoms with Crippen LogP contribution < -0.4 is 10.1 Å². The number of hydrogen-bond acceptors (Lipinski definition) is 3. The van der Waals surface area contributed by atoms with Gasteiger partial charge in [-0.25, -0.2) is 4.39 Å². The number of ether oxygens (including phenoxy) is 1. The first-order chi connectivity index (χ1) is 9.11. The Labute approximate surface area is 112 Å². The Morgan fingerprint density at radius 1 is 1.58 bits per heavy atom. The van der Waals surface area contributed by atoms with Gasteiger partial charge in [0.15, 0.2) is 11.6 Å². The van der Waals surface area contributed by atoms with Crippen LogP contribution in [-0.2, 0) is 11.3 Å². The summed E-state index contributed by atoms with van der Waals surface area (Å²) in [5.74, 6) is -0.0181. The van der Waals surface area contributed by atoms with E-state index in [1.54, 1.807) is 24.1 Å². The van der Waals surface area contributed by atoms with E-state index in [1.807, 2.05) is 0 Å². The molecule has 1 aliphatic heterocycles. The number of nitrogens with zero attached hydrogens (tertiary/aromatic N) is 1. The van der Waals surface area contributed by atoms with E-state index in [-0.39, 0.29) is 17.6 Å². The van der Waals surface area contributed by atoms with E-state index in [1.165, 1.54) is 13.2 Å². The molecule has 1 saturated heterocycles.